The second-order valence-corrected chi connectivity index (χ2v) is 13.1. The van der Waals surface area contributed by atoms with Gasteiger partial charge >= 0.3 is 0 Å². The fourth-order valence-electron chi connectivity index (χ4n) is 4.87. The van der Waals surface area contributed by atoms with E-state index in [0.29, 0.717) is 0 Å². The number of rotatable bonds is 6. The summed E-state index contributed by atoms with van der Waals surface area (Å²) in [7, 11) is 0. The van der Waals surface area contributed by atoms with E-state index in [-0.39, 0.29) is 0 Å². The van der Waals surface area contributed by atoms with Crippen molar-refractivity contribution in [1.29, 1.82) is 0 Å². The van der Waals surface area contributed by atoms with Crippen molar-refractivity contribution in [2.24, 2.45) is 0 Å². The molecule has 3 aromatic carbocycles. The molecule has 0 saturated carbocycles. The topological polar surface area (TPSA) is 0 Å². The first-order chi connectivity index (χ1) is 18.8. The van der Waals surface area contributed by atoms with Crippen LogP contribution in [0, 0.1) is 0 Å². The van der Waals surface area contributed by atoms with Gasteiger partial charge in [-0.1, -0.05) is 72.8 Å². The highest BCUT2D eigenvalue weighted by Gasteiger charge is 2.11. The summed E-state index contributed by atoms with van der Waals surface area (Å²) in [4.78, 5) is 7.84. The highest BCUT2D eigenvalue weighted by Crippen LogP contribution is 2.38. The van der Waals surface area contributed by atoms with E-state index in [4.69, 9.17) is 0 Å². The predicted molar refractivity (Wildman–Crippen MR) is 175 cm³/mol. The molecule has 0 bridgehead atoms. The number of hydrogen-bond donors (Lipinski definition) is 0. The Bertz CT molecular complexity index is 1710. The normalized spacial score (nSPS) is 12.0. The van der Waals surface area contributed by atoms with E-state index in [9.17, 15) is 0 Å². The molecule has 0 aliphatic rings. The van der Waals surface area contributed by atoms with Gasteiger partial charge in [-0.3, -0.25) is 0 Å². The molecule has 0 atom stereocenters. The lowest BCUT2D eigenvalue weighted by Crippen LogP contribution is -1.88. The standard InChI is InChI=1S/C34H22S4/c1-2-8-26-25(7-1)29(17-13-23-15-19-33(37-23)31-11-5-21-35-31)27-9-3-4-10-28(27)30(26)18-14-24-16-20-34(38-24)32-12-6-22-36-32/h1-22H/b17-13+,18-14+. The highest BCUT2D eigenvalue weighted by molar-refractivity contribution is 7.22. The molecule has 0 spiro atoms. The summed E-state index contributed by atoms with van der Waals surface area (Å²) in [5, 5.41) is 9.40. The summed E-state index contributed by atoms with van der Waals surface area (Å²) in [5.41, 5.74) is 2.55. The Labute approximate surface area is 238 Å². The Balaban J connectivity index is 1.31. The third kappa shape index (κ3) is 4.50. The minimum Gasteiger partial charge on any atom is -0.143 e. The van der Waals surface area contributed by atoms with Gasteiger partial charge in [-0.05, 0) is 92.0 Å². The monoisotopic (exact) mass is 558 g/mol. The summed E-state index contributed by atoms with van der Waals surface area (Å²) in [5.74, 6) is 0. The Morgan fingerprint density at radius 2 is 0.789 bits per heavy atom. The van der Waals surface area contributed by atoms with Crippen molar-refractivity contribution in [3.63, 3.8) is 0 Å². The fourth-order valence-corrected chi connectivity index (χ4v) is 8.36. The minimum atomic E-state index is 1.27. The van der Waals surface area contributed by atoms with Gasteiger partial charge in [0.25, 0.3) is 0 Å². The third-order valence-electron chi connectivity index (χ3n) is 6.62. The number of thiophene rings is 4. The van der Waals surface area contributed by atoms with E-state index in [1.807, 2.05) is 22.7 Å². The zero-order chi connectivity index (χ0) is 25.3. The lowest BCUT2D eigenvalue weighted by molar-refractivity contribution is 1.72. The molecule has 0 unspecified atom stereocenters. The van der Waals surface area contributed by atoms with Crippen molar-refractivity contribution in [1.82, 2.24) is 0 Å². The summed E-state index contributed by atoms with van der Waals surface area (Å²) < 4.78 is 0. The lowest BCUT2D eigenvalue weighted by atomic mass is 9.91. The smallest absolute Gasteiger partial charge is 0.0448 e. The van der Waals surface area contributed by atoms with Gasteiger partial charge in [-0.15, -0.1) is 45.3 Å². The van der Waals surface area contributed by atoms with Gasteiger partial charge in [0.05, 0.1) is 0 Å². The molecule has 0 saturated heterocycles. The summed E-state index contributed by atoms with van der Waals surface area (Å²) in [6, 6.07) is 35.1. The molecule has 4 heteroatoms. The van der Waals surface area contributed by atoms with Crippen LogP contribution in [-0.2, 0) is 0 Å². The van der Waals surface area contributed by atoms with Crippen molar-refractivity contribution >= 4 is 91.2 Å². The molecule has 7 rings (SSSR count). The van der Waals surface area contributed by atoms with Crippen molar-refractivity contribution in [2.75, 3.05) is 0 Å². The van der Waals surface area contributed by atoms with Crippen LogP contribution < -0.4 is 0 Å². The average molecular weight is 559 g/mol. The molecule has 182 valence electrons. The predicted octanol–water partition coefficient (Wildman–Crippen LogP) is 11.9. The molecule has 38 heavy (non-hydrogen) atoms. The minimum absolute atomic E-state index is 1.27. The van der Waals surface area contributed by atoms with Crippen LogP contribution in [0.4, 0.5) is 0 Å². The van der Waals surface area contributed by atoms with Gasteiger partial charge in [0.15, 0.2) is 0 Å². The first kappa shape index (κ1) is 23.6. The molecule has 7 aromatic rings. The van der Waals surface area contributed by atoms with Crippen LogP contribution in [0.5, 0.6) is 0 Å². The zero-order valence-corrected chi connectivity index (χ0v) is 23.6. The molecule has 0 N–H and O–H groups in total. The van der Waals surface area contributed by atoms with Crippen LogP contribution in [0.25, 0.3) is 65.4 Å². The van der Waals surface area contributed by atoms with Crippen LogP contribution in [-0.4, -0.2) is 0 Å². The average Bonchev–Trinajstić information content (AvgIpc) is 3.77. The van der Waals surface area contributed by atoms with Crippen LogP contribution in [0.2, 0.25) is 0 Å². The molecule has 0 aliphatic carbocycles. The fraction of sp³-hybridized carbons (Fsp3) is 0. The Morgan fingerprint density at radius 3 is 1.16 bits per heavy atom. The maximum atomic E-state index is 2.30. The van der Waals surface area contributed by atoms with Gasteiger partial charge in [-0.2, -0.15) is 0 Å². The molecular weight excluding hydrogens is 537 g/mol. The van der Waals surface area contributed by atoms with Gasteiger partial charge in [-0.25, -0.2) is 0 Å². The quantitative estimate of drug-likeness (QED) is 0.178. The van der Waals surface area contributed by atoms with E-state index in [0.717, 1.165) is 0 Å². The summed E-state index contributed by atoms with van der Waals surface area (Å²) in [6.07, 6.45) is 9.13. The Hall–Kier alpha value is -3.54. The van der Waals surface area contributed by atoms with E-state index in [2.05, 4.69) is 132 Å². The van der Waals surface area contributed by atoms with Crippen molar-refractivity contribution in [2.45, 2.75) is 0 Å². The molecule has 0 nitrogen and oxygen atoms in total. The van der Waals surface area contributed by atoms with E-state index in [1.165, 1.54) is 61.9 Å². The summed E-state index contributed by atoms with van der Waals surface area (Å²) >= 11 is 7.28. The van der Waals surface area contributed by atoms with Gasteiger partial charge in [0.1, 0.15) is 0 Å². The largest absolute Gasteiger partial charge is 0.143 e. The molecule has 4 heterocycles. The third-order valence-corrected chi connectivity index (χ3v) is 10.9. The second-order valence-electron chi connectivity index (χ2n) is 8.94. The zero-order valence-electron chi connectivity index (χ0n) is 20.3. The number of benzene rings is 3. The van der Waals surface area contributed by atoms with Gasteiger partial charge < -0.3 is 0 Å². The van der Waals surface area contributed by atoms with Gasteiger partial charge in [0, 0.05) is 29.3 Å². The van der Waals surface area contributed by atoms with E-state index < -0.39 is 0 Å². The lowest BCUT2D eigenvalue weighted by Gasteiger charge is -2.13. The van der Waals surface area contributed by atoms with E-state index in [1.54, 1.807) is 22.7 Å². The maximum Gasteiger partial charge on any atom is 0.0448 e. The Kier molecular flexibility index (Phi) is 6.40. The molecule has 0 fully saturated rings. The number of fused-ring (bicyclic) bond motifs is 2. The Morgan fingerprint density at radius 1 is 0.368 bits per heavy atom. The van der Waals surface area contributed by atoms with Crippen LogP contribution in [0.15, 0.2) is 108 Å². The molecule has 4 aromatic heterocycles. The maximum absolute atomic E-state index is 2.30. The van der Waals surface area contributed by atoms with Crippen LogP contribution in [0.1, 0.15) is 20.9 Å². The first-order valence-corrected chi connectivity index (χ1v) is 15.8. The van der Waals surface area contributed by atoms with Crippen molar-refractivity contribution < 1.29 is 0 Å². The second kappa shape index (κ2) is 10.3. The molecule has 0 radical (unpaired) electrons. The molecular formula is C34H22S4. The number of hydrogen-bond acceptors (Lipinski definition) is 4. The SMILES string of the molecule is C(=C\c1c2ccccc2c(/C=C/c2ccc(-c3cccs3)s2)c2ccccc12)/c1ccc(-c2cccs2)s1. The van der Waals surface area contributed by atoms with E-state index >= 15 is 0 Å². The molecule has 0 amide bonds. The van der Waals surface area contributed by atoms with Crippen LogP contribution in [0.3, 0.4) is 0 Å². The van der Waals surface area contributed by atoms with Crippen molar-refractivity contribution in [3.05, 3.63) is 129 Å². The van der Waals surface area contributed by atoms with Crippen LogP contribution >= 0.6 is 45.3 Å². The summed E-state index contributed by atoms with van der Waals surface area (Å²) in [6.45, 7) is 0. The first-order valence-electron chi connectivity index (χ1n) is 12.4. The highest BCUT2D eigenvalue weighted by atomic mass is 32.1. The van der Waals surface area contributed by atoms with Crippen molar-refractivity contribution in [3.8, 4) is 19.5 Å². The van der Waals surface area contributed by atoms with Gasteiger partial charge in [0.2, 0.25) is 0 Å². The molecule has 0 aliphatic heterocycles.